The van der Waals surface area contributed by atoms with Crippen molar-refractivity contribution in [3.63, 3.8) is 0 Å². The van der Waals surface area contributed by atoms with Gasteiger partial charge in [0, 0.05) is 7.05 Å². The first kappa shape index (κ1) is 16.2. The Hall–Kier alpha value is -1.84. The Morgan fingerprint density at radius 2 is 2.25 bits per heavy atom. The van der Waals surface area contributed by atoms with E-state index in [2.05, 4.69) is 25.5 Å². The molecule has 1 aromatic rings. The molecule has 1 rings (SSSR count). The summed E-state index contributed by atoms with van der Waals surface area (Å²) in [5.74, 6) is 0.557. The number of ether oxygens (including phenoxy) is 1. The van der Waals surface area contributed by atoms with Gasteiger partial charge in [-0.2, -0.15) is 18.3 Å². The van der Waals surface area contributed by atoms with Crippen LogP contribution in [-0.4, -0.2) is 46.2 Å². The van der Waals surface area contributed by atoms with E-state index in [-0.39, 0.29) is 13.2 Å². The van der Waals surface area contributed by atoms with Crippen molar-refractivity contribution in [2.75, 3.05) is 13.2 Å². The molecule has 0 saturated carbocycles. The molecule has 114 valence electrons. The Morgan fingerprint density at radius 1 is 1.55 bits per heavy atom. The molecule has 10 heteroatoms. The predicted molar refractivity (Wildman–Crippen MR) is 62.7 cm³/mol. The number of nitrogens with zero attached hydrogens (tertiary/aromatic N) is 3. The van der Waals surface area contributed by atoms with Gasteiger partial charge >= 0.3 is 12.2 Å². The first-order valence-corrected chi connectivity index (χ1v) is 5.79. The largest absolute Gasteiger partial charge is 0.411 e. The molecule has 1 aromatic heterocycles. The fraction of sp³-hybridized carbons (Fsp3) is 0.700. The van der Waals surface area contributed by atoms with Gasteiger partial charge in [-0.15, -0.1) is 0 Å². The number of aromatic nitrogens is 3. The van der Waals surface area contributed by atoms with E-state index in [0.717, 1.165) is 0 Å². The van der Waals surface area contributed by atoms with Crippen LogP contribution in [0.2, 0.25) is 0 Å². The minimum Gasteiger partial charge on any atom is -0.370 e. The maximum Gasteiger partial charge on any atom is 0.411 e. The number of amides is 2. The molecule has 0 spiro atoms. The molecule has 0 aliphatic heterocycles. The normalized spacial score (nSPS) is 13.1. The van der Waals surface area contributed by atoms with Crippen LogP contribution >= 0.6 is 0 Å². The highest BCUT2D eigenvalue weighted by Gasteiger charge is 2.27. The Kier molecular flexibility index (Phi) is 5.74. The lowest BCUT2D eigenvalue weighted by molar-refractivity contribution is -0.174. The molecule has 0 unspecified atom stereocenters. The first-order chi connectivity index (χ1) is 9.28. The van der Waals surface area contributed by atoms with Crippen molar-refractivity contribution in [1.82, 2.24) is 25.4 Å². The van der Waals surface area contributed by atoms with Crippen molar-refractivity contribution in [3.05, 3.63) is 12.2 Å². The number of carbonyl (C=O) groups excluding carboxylic acids is 1. The van der Waals surface area contributed by atoms with Crippen molar-refractivity contribution in [2.45, 2.75) is 25.7 Å². The number of carbonyl (C=O) groups is 1. The Labute approximate surface area is 113 Å². The quantitative estimate of drug-likeness (QED) is 0.804. The van der Waals surface area contributed by atoms with E-state index in [1.807, 2.05) is 0 Å². The molecule has 1 heterocycles. The summed E-state index contributed by atoms with van der Waals surface area (Å²) in [5, 5.41) is 8.79. The summed E-state index contributed by atoms with van der Waals surface area (Å²) in [4.78, 5) is 15.4. The minimum atomic E-state index is -4.37. The zero-order valence-corrected chi connectivity index (χ0v) is 11.1. The third kappa shape index (κ3) is 6.36. The highest BCUT2D eigenvalue weighted by molar-refractivity contribution is 5.74. The van der Waals surface area contributed by atoms with E-state index in [1.165, 1.54) is 17.9 Å². The van der Waals surface area contributed by atoms with Crippen LogP contribution < -0.4 is 10.6 Å². The van der Waals surface area contributed by atoms with Gasteiger partial charge in [-0.1, -0.05) is 0 Å². The molecule has 0 radical (unpaired) electrons. The highest BCUT2D eigenvalue weighted by Crippen LogP contribution is 2.14. The number of rotatable bonds is 6. The van der Waals surface area contributed by atoms with Gasteiger partial charge in [-0.3, -0.25) is 4.68 Å². The molecule has 2 N–H and O–H groups in total. The van der Waals surface area contributed by atoms with Gasteiger partial charge in [0.25, 0.3) is 0 Å². The summed E-state index contributed by atoms with van der Waals surface area (Å²) in [5.41, 5.74) is 0. The number of hydrogen-bond acceptors (Lipinski definition) is 4. The van der Waals surface area contributed by atoms with Crippen LogP contribution in [0.3, 0.4) is 0 Å². The third-order valence-corrected chi connectivity index (χ3v) is 2.22. The Bertz CT molecular complexity index is 435. The average molecular weight is 295 g/mol. The summed E-state index contributed by atoms with van der Waals surface area (Å²) in [6, 6.07) is -1.06. The monoisotopic (exact) mass is 295 g/mol. The maximum atomic E-state index is 11.8. The van der Waals surface area contributed by atoms with Gasteiger partial charge in [-0.25, -0.2) is 9.78 Å². The molecule has 0 bridgehead atoms. The maximum absolute atomic E-state index is 11.8. The second-order valence-corrected chi connectivity index (χ2v) is 4.16. The second-order valence-electron chi connectivity index (χ2n) is 4.16. The van der Waals surface area contributed by atoms with E-state index < -0.39 is 24.9 Å². The van der Waals surface area contributed by atoms with Crippen LogP contribution in [-0.2, 0) is 18.3 Å². The van der Waals surface area contributed by atoms with E-state index in [4.69, 9.17) is 0 Å². The molecule has 0 aliphatic carbocycles. The molecule has 0 saturated heterocycles. The summed E-state index contributed by atoms with van der Waals surface area (Å²) in [6.45, 7) is 0.146. The van der Waals surface area contributed by atoms with E-state index in [1.54, 1.807) is 7.05 Å². The van der Waals surface area contributed by atoms with Crippen LogP contribution in [0.1, 0.15) is 12.7 Å². The Morgan fingerprint density at radius 3 is 2.80 bits per heavy atom. The molecule has 1 atom stereocenters. The van der Waals surface area contributed by atoms with Gasteiger partial charge in [-0.05, 0) is 6.92 Å². The van der Waals surface area contributed by atoms with Crippen molar-refractivity contribution < 1.29 is 22.7 Å². The molecule has 0 aliphatic rings. The topological polar surface area (TPSA) is 81.1 Å². The van der Waals surface area contributed by atoms with Crippen LogP contribution in [0, 0.1) is 0 Å². The van der Waals surface area contributed by atoms with Gasteiger partial charge in [0.15, 0.2) is 0 Å². The zero-order chi connectivity index (χ0) is 15.2. The van der Waals surface area contributed by atoms with Gasteiger partial charge in [0.2, 0.25) is 0 Å². The summed E-state index contributed by atoms with van der Waals surface area (Å²) < 4.78 is 41.5. The van der Waals surface area contributed by atoms with Crippen LogP contribution in [0.5, 0.6) is 0 Å². The van der Waals surface area contributed by atoms with E-state index in [0.29, 0.717) is 5.82 Å². The fourth-order valence-corrected chi connectivity index (χ4v) is 1.31. The van der Waals surface area contributed by atoms with Crippen LogP contribution in [0.15, 0.2) is 6.33 Å². The SMILES string of the molecule is C[C@@H](COCC(F)(F)F)NC(=O)NCc1ncnn1C. The zero-order valence-electron chi connectivity index (χ0n) is 11.1. The van der Waals surface area contributed by atoms with Crippen molar-refractivity contribution in [3.8, 4) is 0 Å². The first-order valence-electron chi connectivity index (χ1n) is 5.79. The van der Waals surface area contributed by atoms with Crippen molar-refractivity contribution >= 4 is 6.03 Å². The summed E-state index contributed by atoms with van der Waals surface area (Å²) >= 11 is 0. The predicted octanol–water partition coefficient (Wildman–Crippen LogP) is 0.582. The summed E-state index contributed by atoms with van der Waals surface area (Å²) in [6.07, 6.45) is -3.02. The van der Waals surface area contributed by atoms with Crippen LogP contribution in [0.4, 0.5) is 18.0 Å². The number of aryl methyl sites for hydroxylation is 1. The standard InChI is InChI=1S/C10H16F3N5O2/c1-7(4-20-5-10(11,12)13)17-9(19)14-3-8-15-6-16-18(8)2/h6-7H,3-5H2,1-2H3,(H2,14,17,19)/t7-/m0/s1. The molecule has 20 heavy (non-hydrogen) atoms. The molecule has 2 amide bonds. The average Bonchev–Trinajstić information content (AvgIpc) is 2.70. The van der Waals surface area contributed by atoms with Gasteiger partial charge in [0.1, 0.15) is 18.8 Å². The van der Waals surface area contributed by atoms with Crippen molar-refractivity contribution in [1.29, 1.82) is 0 Å². The number of hydrogen-bond donors (Lipinski definition) is 2. The number of halogens is 3. The molecule has 0 fully saturated rings. The fourth-order valence-electron chi connectivity index (χ4n) is 1.31. The van der Waals surface area contributed by atoms with Crippen molar-refractivity contribution in [2.24, 2.45) is 7.05 Å². The number of urea groups is 1. The number of alkyl halides is 3. The molecular formula is C10H16F3N5O2. The van der Waals surface area contributed by atoms with E-state index >= 15 is 0 Å². The minimum absolute atomic E-state index is 0.165. The smallest absolute Gasteiger partial charge is 0.370 e. The summed E-state index contributed by atoms with van der Waals surface area (Å²) in [7, 11) is 1.68. The third-order valence-electron chi connectivity index (χ3n) is 2.22. The highest BCUT2D eigenvalue weighted by atomic mass is 19.4. The lowest BCUT2D eigenvalue weighted by Crippen LogP contribution is -2.43. The van der Waals surface area contributed by atoms with Gasteiger partial charge < -0.3 is 15.4 Å². The number of nitrogens with one attached hydrogen (secondary N) is 2. The van der Waals surface area contributed by atoms with Gasteiger partial charge in [0.05, 0.1) is 19.2 Å². The Balaban J connectivity index is 2.20. The molecular weight excluding hydrogens is 279 g/mol. The van der Waals surface area contributed by atoms with Crippen LogP contribution in [0.25, 0.3) is 0 Å². The second kappa shape index (κ2) is 7.08. The molecule has 0 aromatic carbocycles. The lowest BCUT2D eigenvalue weighted by Gasteiger charge is -2.15. The lowest BCUT2D eigenvalue weighted by atomic mass is 10.4. The van der Waals surface area contributed by atoms with E-state index in [9.17, 15) is 18.0 Å². The molecule has 7 nitrogen and oxygen atoms in total.